The molecule has 0 aliphatic carbocycles. The lowest BCUT2D eigenvalue weighted by Crippen LogP contribution is -1.86. The van der Waals surface area contributed by atoms with Gasteiger partial charge in [-0.3, -0.25) is 5.10 Å². The summed E-state index contributed by atoms with van der Waals surface area (Å²) in [6.45, 7) is 2.09. The van der Waals surface area contributed by atoms with Gasteiger partial charge in [0.25, 0.3) is 0 Å². The van der Waals surface area contributed by atoms with Crippen molar-refractivity contribution < 1.29 is 0 Å². The van der Waals surface area contributed by atoms with Crippen LogP contribution in [0.25, 0.3) is 27.8 Å². The summed E-state index contributed by atoms with van der Waals surface area (Å²) in [4.78, 5) is 4.25. The first-order valence-electron chi connectivity index (χ1n) is 6.19. The number of hydrogen-bond acceptors (Lipinski definition) is 2. The van der Waals surface area contributed by atoms with Crippen LogP contribution in [0.3, 0.4) is 0 Å². The van der Waals surface area contributed by atoms with E-state index in [9.17, 15) is 0 Å². The monoisotopic (exact) mass is 248 g/mol. The Bertz CT molecular complexity index is 885. The van der Waals surface area contributed by atoms with Gasteiger partial charge >= 0.3 is 0 Å². The molecule has 19 heavy (non-hydrogen) atoms. The zero-order chi connectivity index (χ0) is 12.8. The predicted molar refractivity (Wildman–Crippen MR) is 75.0 cm³/mol. The molecule has 3 aromatic heterocycles. The Kier molecular flexibility index (Phi) is 2.00. The van der Waals surface area contributed by atoms with Crippen molar-refractivity contribution in [2.24, 2.45) is 0 Å². The highest BCUT2D eigenvalue weighted by Crippen LogP contribution is 2.27. The van der Waals surface area contributed by atoms with Crippen LogP contribution in [0.15, 0.2) is 48.9 Å². The number of aryl methyl sites for hydroxylation is 1. The van der Waals surface area contributed by atoms with Gasteiger partial charge in [-0.2, -0.15) is 5.10 Å². The van der Waals surface area contributed by atoms with E-state index in [-0.39, 0.29) is 0 Å². The molecule has 3 heterocycles. The van der Waals surface area contributed by atoms with E-state index < -0.39 is 0 Å². The highest BCUT2D eigenvalue weighted by Gasteiger charge is 2.09. The Balaban J connectivity index is 2.00. The number of nitrogens with zero attached hydrogens (tertiary/aromatic N) is 3. The number of benzene rings is 1. The average Bonchev–Trinajstić information content (AvgIpc) is 3.03. The van der Waals surface area contributed by atoms with Crippen molar-refractivity contribution in [1.29, 1.82) is 0 Å². The molecule has 4 heteroatoms. The fourth-order valence-electron chi connectivity index (χ4n) is 2.41. The van der Waals surface area contributed by atoms with E-state index in [4.69, 9.17) is 0 Å². The molecular formula is C15H12N4. The van der Waals surface area contributed by atoms with E-state index in [1.54, 1.807) is 6.20 Å². The molecule has 0 spiro atoms. The molecule has 0 amide bonds. The van der Waals surface area contributed by atoms with Gasteiger partial charge in [0.2, 0.25) is 0 Å². The summed E-state index contributed by atoms with van der Waals surface area (Å²) >= 11 is 0. The molecule has 92 valence electrons. The van der Waals surface area contributed by atoms with Gasteiger partial charge in [-0.25, -0.2) is 4.98 Å². The Morgan fingerprint density at radius 3 is 3.05 bits per heavy atom. The molecule has 1 N–H and O–H groups in total. The summed E-state index contributed by atoms with van der Waals surface area (Å²) in [7, 11) is 0. The molecule has 0 unspecified atom stereocenters. The molecule has 4 rings (SSSR count). The maximum atomic E-state index is 4.44. The number of hydrogen-bond donors (Lipinski definition) is 1. The highest BCUT2D eigenvalue weighted by atomic mass is 15.1. The Morgan fingerprint density at radius 1 is 1.16 bits per heavy atom. The van der Waals surface area contributed by atoms with E-state index >= 15 is 0 Å². The maximum absolute atomic E-state index is 4.44. The smallest absolute Gasteiger partial charge is 0.136 e. The Labute approximate surface area is 109 Å². The fourth-order valence-corrected chi connectivity index (χ4v) is 2.41. The first-order valence-corrected chi connectivity index (χ1v) is 6.19. The van der Waals surface area contributed by atoms with Gasteiger partial charge < -0.3 is 4.40 Å². The van der Waals surface area contributed by atoms with Crippen LogP contribution in [0.1, 0.15) is 5.56 Å². The quantitative estimate of drug-likeness (QED) is 0.562. The van der Waals surface area contributed by atoms with Gasteiger partial charge in [-0.15, -0.1) is 0 Å². The normalized spacial score (nSPS) is 11.4. The summed E-state index contributed by atoms with van der Waals surface area (Å²) in [5, 5.41) is 8.67. The number of imidazole rings is 1. The summed E-state index contributed by atoms with van der Waals surface area (Å²) in [6, 6.07) is 10.4. The number of aromatic amines is 1. The zero-order valence-electron chi connectivity index (χ0n) is 10.5. The molecule has 0 saturated carbocycles. The molecule has 0 aliphatic rings. The van der Waals surface area contributed by atoms with E-state index in [0.29, 0.717) is 0 Å². The number of aromatic nitrogens is 4. The molecule has 4 aromatic rings. The van der Waals surface area contributed by atoms with Gasteiger partial charge in [0, 0.05) is 29.5 Å². The van der Waals surface area contributed by atoms with Crippen molar-refractivity contribution in [3.05, 3.63) is 54.5 Å². The molecule has 0 fully saturated rings. The molecule has 0 atom stereocenters. The van der Waals surface area contributed by atoms with E-state index in [0.717, 1.165) is 27.8 Å². The van der Waals surface area contributed by atoms with Crippen molar-refractivity contribution in [1.82, 2.24) is 19.6 Å². The van der Waals surface area contributed by atoms with Crippen molar-refractivity contribution in [2.45, 2.75) is 6.92 Å². The lowest BCUT2D eigenvalue weighted by Gasteiger charge is -2.00. The lowest BCUT2D eigenvalue weighted by molar-refractivity contribution is 1.11. The van der Waals surface area contributed by atoms with Gasteiger partial charge in [0.05, 0.1) is 5.52 Å². The molecule has 0 aliphatic heterocycles. The first kappa shape index (κ1) is 10.3. The van der Waals surface area contributed by atoms with Crippen LogP contribution in [0, 0.1) is 6.92 Å². The molecule has 0 radical (unpaired) electrons. The average molecular weight is 248 g/mol. The van der Waals surface area contributed by atoms with Crippen molar-refractivity contribution >= 4 is 16.6 Å². The van der Waals surface area contributed by atoms with Crippen LogP contribution >= 0.6 is 0 Å². The summed E-state index contributed by atoms with van der Waals surface area (Å²) in [5.74, 6) is 0. The molecule has 0 saturated heterocycles. The summed E-state index contributed by atoms with van der Waals surface area (Å²) in [5.41, 5.74) is 5.31. The van der Waals surface area contributed by atoms with Gasteiger partial charge in [-0.1, -0.05) is 11.6 Å². The number of fused-ring (bicyclic) bond motifs is 2. The molecule has 4 nitrogen and oxygen atoms in total. The first-order chi connectivity index (χ1) is 9.31. The standard InChI is InChI=1S/C15H12N4/c1-10-2-4-13-12(8-10)15(18-17-13)11-3-5-14-16-6-7-19(14)9-11/h2-9H,1H3,(H,17,18). The lowest BCUT2D eigenvalue weighted by atomic mass is 10.1. The second-order valence-corrected chi connectivity index (χ2v) is 4.73. The largest absolute Gasteiger partial charge is 0.306 e. The van der Waals surface area contributed by atoms with Crippen LogP contribution in [-0.2, 0) is 0 Å². The fraction of sp³-hybridized carbons (Fsp3) is 0.0667. The van der Waals surface area contributed by atoms with Crippen molar-refractivity contribution in [2.75, 3.05) is 0 Å². The molecule has 1 aromatic carbocycles. The second kappa shape index (κ2) is 3.68. The maximum Gasteiger partial charge on any atom is 0.136 e. The number of rotatable bonds is 1. The predicted octanol–water partition coefficient (Wildman–Crippen LogP) is 3.19. The van der Waals surface area contributed by atoms with E-state index in [2.05, 4.69) is 52.6 Å². The molecular weight excluding hydrogens is 236 g/mol. The topological polar surface area (TPSA) is 46.0 Å². The third-order valence-corrected chi connectivity index (χ3v) is 3.38. The van der Waals surface area contributed by atoms with Crippen LogP contribution in [0.4, 0.5) is 0 Å². The highest BCUT2D eigenvalue weighted by molar-refractivity contribution is 5.93. The Hall–Kier alpha value is -2.62. The van der Waals surface area contributed by atoms with Crippen LogP contribution in [0.5, 0.6) is 0 Å². The minimum atomic E-state index is 0.944. The van der Waals surface area contributed by atoms with Crippen molar-refractivity contribution in [3.8, 4) is 11.3 Å². The Morgan fingerprint density at radius 2 is 2.11 bits per heavy atom. The molecule has 0 bridgehead atoms. The minimum absolute atomic E-state index is 0.944. The second-order valence-electron chi connectivity index (χ2n) is 4.73. The summed E-state index contributed by atoms with van der Waals surface area (Å²) in [6.07, 6.45) is 5.80. The van der Waals surface area contributed by atoms with E-state index in [1.807, 2.05) is 16.7 Å². The zero-order valence-corrected chi connectivity index (χ0v) is 10.5. The number of nitrogens with one attached hydrogen (secondary N) is 1. The van der Waals surface area contributed by atoms with Crippen molar-refractivity contribution in [3.63, 3.8) is 0 Å². The third-order valence-electron chi connectivity index (χ3n) is 3.38. The number of pyridine rings is 1. The third kappa shape index (κ3) is 1.53. The van der Waals surface area contributed by atoms with E-state index in [1.165, 1.54) is 5.56 Å². The summed E-state index contributed by atoms with van der Waals surface area (Å²) < 4.78 is 2.01. The van der Waals surface area contributed by atoms with Gasteiger partial charge in [-0.05, 0) is 31.2 Å². The van der Waals surface area contributed by atoms with Crippen LogP contribution in [-0.4, -0.2) is 19.6 Å². The SMILES string of the molecule is Cc1ccc2[nH]nc(-c3ccc4nccn4c3)c2c1. The van der Waals surface area contributed by atoms with Gasteiger partial charge in [0.15, 0.2) is 0 Å². The van der Waals surface area contributed by atoms with Crippen LogP contribution < -0.4 is 0 Å². The van der Waals surface area contributed by atoms with Crippen LogP contribution in [0.2, 0.25) is 0 Å². The van der Waals surface area contributed by atoms with Gasteiger partial charge in [0.1, 0.15) is 11.3 Å². The minimum Gasteiger partial charge on any atom is -0.306 e. The number of H-pyrrole nitrogens is 1.